The van der Waals surface area contributed by atoms with Crippen molar-refractivity contribution in [1.29, 1.82) is 0 Å². The van der Waals surface area contributed by atoms with Gasteiger partial charge in [0, 0.05) is 16.6 Å². The molecule has 1 aromatic rings. The summed E-state index contributed by atoms with van der Waals surface area (Å²) in [4.78, 5) is 26.2. The SMILES string of the molecule is C[C@@H](NC(=O)OC(C)(C)C)C(=O)N(Cc1c(F)cccc1Cl)C1CC1. The topological polar surface area (TPSA) is 58.6 Å². The average Bonchev–Trinajstić information content (AvgIpc) is 3.28. The number of rotatable bonds is 5. The summed E-state index contributed by atoms with van der Waals surface area (Å²) in [6.07, 6.45) is 1.06. The van der Waals surface area contributed by atoms with Crippen LogP contribution >= 0.6 is 11.6 Å². The van der Waals surface area contributed by atoms with E-state index in [1.54, 1.807) is 38.7 Å². The third kappa shape index (κ3) is 5.59. The van der Waals surface area contributed by atoms with E-state index in [1.807, 2.05) is 0 Å². The van der Waals surface area contributed by atoms with Gasteiger partial charge < -0.3 is 15.0 Å². The van der Waals surface area contributed by atoms with E-state index in [1.165, 1.54) is 12.1 Å². The smallest absolute Gasteiger partial charge is 0.408 e. The molecular weight excluding hydrogens is 347 g/mol. The summed E-state index contributed by atoms with van der Waals surface area (Å²) in [5.74, 6) is -0.730. The zero-order valence-electron chi connectivity index (χ0n) is 14.9. The van der Waals surface area contributed by atoms with Crippen molar-refractivity contribution < 1.29 is 18.7 Å². The molecule has 1 aromatic carbocycles. The fraction of sp³-hybridized carbons (Fsp3) is 0.556. The molecule has 1 saturated carbocycles. The Kier molecular flexibility index (Phi) is 5.93. The summed E-state index contributed by atoms with van der Waals surface area (Å²) in [5.41, 5.74) is -0.363. The van der Waals surface area contributed by atoms with Gasteiger partial charge in [0.15, 0.2) is 0 Å². The highest BCUT2D eigenvalue weighted by Crippen LogP contribution is 2.31. The van der Waals surface area contributed by atoms with Crippen LogP contribution in [0.3, 0.4) is 0 Å². The van der Waals surface area contributed by atoms with E-state index >= 15 is 0 Å². The van der Waals surface area contributed by atoms with E-state index in [-0.39, 0.29) is 29.1 Å². The minimum Gasteiger partial charge on any atom is -0.444 e. The molecule has 0 heterocycles. The molecule has 1 aliphatic rings. The van der Waals surface area contributed by atoms with Gasteiger partial charge in [-0.1, -0.05) is 17.7 Å². The maximum absolute atomic E-state index is 14.0. The number of nitrogens with one attached hydrogen (secondary N) is 1. The van der Waals surface area contributed by atoms with E-state index in [2.05, 4.69) is 5.32 Å². The highest BCUT2D eigenvalue weighted by atomic mass is 35.5. The Labute approximate surface area is 152 Å². The van der Waals surface area contributed by atoms with Gasteiger partial charge in [0.05, 0.1) is 6.54 Å². The third-order valence-corrected chi connectivity index (χ3v) is 4.12. The molecule has 0 aliphatic heterocycles. The highest BCUT2D eigenvalue weighted by Gasteiger charge is 2.36. The van der Waals surface area contributed by atoms with Crippen LogP contribution in [0.15, 0.2) is 18.2 Å². The Balaban J connectivity index is 2.07. The van der Waals surface area contributed by atoms with Crippen molar-refractivity contribution in [2.24, 2.45) is 0 Å². The molecule has 1 aliphatic carbocycles. The Bertz CT molecular complexity index is 636. The second-order valence-electron chi connectivity index (χ2n) is 7.27. The van der Waals surface area contributed by atoms with Crippen molar-refractivity contribution in [1.82, 2.24) is 10.2 Å². The fourth-order valence-electron chi connectivity index (χ4n) is 2.42. The number of hydrogen-bond donors (Lipinski definition) is 1. The molecule has 0 radical (unpaired) electrons. The number of amides is 2. The second kappa shape index (κ2) is 7.60. The lowest BCUT2D eigenvalue weighted by Crippen LogP contribution is -2.48. The molecule has 0 saturated heterocycles. The molecule has 0 aromatic heterocycles. The number of nitrogens with zero attached hydrogens (tertiary/aromatic N) is 1. The number of benzene rings is 1. The molecule has 1 atom stereocenters. The number of alkyl carbamates (subject to hydrolysis) is 1. The molecular formula is C18H24ClFN2O3. The first-order valence-electron chi connectivity index (χ1n) is 8.31. The van der Waals surface area contributed by atoms with E-state index in [0.717, 1.165) is 12.8 Å². The van der Waals surface area contributed by atoms with Crippen molar-refractivity contribution in [2.45, 2.75) is 64.8 Å². The van der Waals surface area contributed by atoms with Crippen molar-refractivity contribution in [3.63, 3.8) is 0 Å². The van der Waals surface area contributed by atoms with Crippen LogP contribution in [0.4, 0.5) is 9.18 Å². The van der Waals surface area contributed by atoms with Gasteiger partial charge in [-0.2, -0.15) is 0 Å². The van der Waals surface area contributed by atoms with E-state index in [0.29, 0.717) is 0 Å². The van der Waals surface area contributed by atoms with Crippen LogP contribution in [-0.4, -0.2) is 34.6 Å². The predicted molar refractivity (Wildman–Crippen MR) is 93.8 cm³/mol. The Morgan fingerprint density at radius 2 is 2.04 bits per heavy atom. The summed E-state index contributed by atoms with van der Waals surface area (Å²) < 4.78 is 19.2. The van der Waals surface area contributed by atoms with E-state index in [4.69, 9.17) is 16.3 Å². The number of ether oxygens (including phenoxy) is 1. The molecule has 5 nitrogen and oxygen atoms in total. The van der Waals surface area contributed by atoms with Gasteiger partial charge in [0.25, 0.3) is 0 Å². The summed E-state index contributed by atoms with van der Waals surface area (Å²) >= 11 is 6.07. The largest absolute Gasteiger partial charge is 0.444 e. The van der Waals surface area contributed by atoms with Crippen LogP contribution in [0, 0.1) is 5.82 Å². The van der Waals surface area contributed by atoms with Gasteiger partial charge in [-0.3, -0.25) is 4.79 Å². The number of carbonyl (C=O) groups excluding carboxylic acids is 2. The Hall–Kier alpha value is -1.82. The van der Waals surface area contributed by atoms with Crippen LogP contribution in [-0.2, 0) is 16.1 Å². The summed E-state index contributed by atoms with van der Waals surface area (Å²) in [7, 11) is 0. The standard InChI is InChI=1S/C18H24ClFN2O3/c1-11(21-17(24)25-18(2,3)4)16(23)22(12-8-9-12)10-13-14(19)6-5-7-15(13)20/h5-7,11-12H,8-10H2,1-4H3,(H,21,24)/t11-/m1/s1. The Morgan fingerprint density at radius 1 is 1.40 bits per heavy atom. The normalized spacial score (nSPS) is 15.4. The van der Waals surface area contributed by atoms with Crippen LogP contribution < -0.4 is 5.32 Å². The Morgan fingerprint density at radius 3 is 2.56 bits per heavy atom. The molecule has 2 rings (SSSR count). The van der Waals surface area contributed by atoms with Crippen LogP contribution in [0.1, 0.15) is 46.1 Å². The summed E-state index contributed by atoms with van der Waals surface area (Å²) in [6.45, 7) is 6.90. The minimum absolute atomic E-state index is 0.0473. The van der Waals surface area contributed by atoms with Crippen molar-refractivity contribution >= 4 is 23.6 Å². The maximum Gasteiger partial charge on any atom is 0.408 e. The average molecular weight is 371 g/mol. The molecule has 138 valence electrons. The minimum atomic E-state index is -0.777. The van der Waals surface area contributed by atoms with E-state index in [9.17, 15) is 14.0 Å². The highest BCUT2D eigenvalue weighted by molar-refractivity contribution is 6.31. The van der Waals surface area contributed by atoms with Gasteiger partial charge in [-0.25, -0.2) is 9.18 Å². The first-order chi connectivity index (χ1) is 11.6. The molecule has 0 unspecified atom stereocenters. The number of carbonyl (C=O) groups is 2. The van der Waals surface area contributed by atoms with E-state index < -0.39 is 23.6 Å². The zero-order valence-corrected chi connectivity index (χ0v) is 15.7. The lowest BCUT2D eigenvalue weighted by atomic mass is 10.1. The monoisotopic (exact) mass is 370 g/mol. The van der Waals surface area contributed by atoms with Gasteiger partial charge in [0.2, 0.25) is 5.91 Å². The van der Waals surface area contributed by atoms with Gasteiger partial charge in [-0.15, -0.1) is 0 Å². The molecule has 0 spiro atoms. The molecule has 7 heteroatoms. The second-order valence-corrected chi connectivity index (χ2v) is 7.67. The first-order valence-corrected chi connectivity index (χ1v) is 8.69. The van der Waals surface area contributed by atoms with Gasteiger partial charge >= 0.3 is 6.09 Å². The van der Waals surface area contributed by atoms with Crippen LogP contribution in [0.5, 0.6) is 0 Å². The lowest BCUT2D eigenvalue weighted by molar-refractivity contribution is -0.134. The van der Waals surface area contributed by atoms with Gasteiger partial charge in [-0.05, 0) is 52.7 Å². The molecule has 2 amide bonds. The van der Waals surface area contributed by atoms with Gasteiger partial charge in [0.1, 0.15) is 17.5 Å². The fourth-order valence-corrected chi connectivity index (χ4v) is 2.64. The van der Waals surface area contributed by atoms with Crippen molar-refractivity contribution in [2.75, 3.05) is 0 Å². The molecule has 0 bridgehead atoms. The molecule has 25 heavy (non-hydrogen) atoms. The van der Waals surface area contributed by atoms with Crippen molar-refractivity contribution in [3.05, 3.63) is 34.6 Å². The number of hydrogen-bond acceptors (Lipinski definition) is 3. The third-order valence-electron chi connectivity index (χ3n) is 3.76. The zero-order chi connectivity index (χ0) is 18.8. The lowest BCUT2D eigenvalue weighted by Gasteiger charge is -2.27. The predicted octanol–water partition coefficient (Wildman–Crippen LogP) is 3.88. The van der Waals surface area contributed by atoms with Crippen LogP contribution in [0.25, 0.3) is 0 Å². The number of halogens is 2. The van der Waals surface area contributed by atoms with Crippen molar-refractivity contribution in [3.8, 4) is 0 Å². The quantitative estimate of drug-likeness (QED) is 0.855. The molecule has 1 fully saturated rings. The molecule has 1 N–H and O–H groups in total. The first kappa shape index (κ1) is 19.5. The van der Waals surface area contributed by atoms with Crippen LogP contribution in [0.2, 0.25) is 5.02 Å². The summed E-state index contributed by atoms with van der Waals surface area (Å²) in [5, 5.41) is 2.82. The summed E-state index contributed by atoms with van der Waals surface area (Å²) in [6, 6.07) is 3.71. The maximum atomic E-state index is 14.0.